The van der Waals surface area contributed by atoms with Gasteiger partial charge in [-0.3, -0.25) is 0 Å². The topological polar surface area (TPSA) is 29.1 Å². The number of halogens is 1. The molecule has 1 atom stereocenters. The highest BCUT2D eigenvalue weighted by Crippen LogP contribution is 2.10. The van der Waals surface area contributed by atoms with E-state index in [4.69, 9.17) is 0 Å². The molecule has 0 fully saturated rings. The van der Waals surface area contributed by atoms with E-state index in [0.717, 1.165) is 5.56 Å². The molecule has 0 aliphatic rings. The Morgan fingerprint density at radius 3 is 2.50 bits per heavy atom. The fraction of sp³-hybridized carbons (Fsp3) is 0.222. The van der Waals surface area contributed by atoms with Gasteiger partial charge in [0.2, 0.25) is 0 Å². The molecule has 2 nitrogen and oxygen atoms in total. The van der Waals surface area contributed by atoms with Crippen LogP contribution in [-0.4, -0.2) is 6.16 Å². The fourth-order valence-corrected chi connectivity index (χ4v) is 0.995. The van der Waals surface area contributed by atoms with Crippen molar-refractivity contribution in [2.75, 3.05) is 0 Å². The first-order chi connectivity index (χ1) is 5.70. The van der Waals surface area contributed by atoms with Crippen molar-refractivity contribution < 1.29 is 9.18 Å². The van der Waals surface area contributed by atoms with Gasteiger partial charge in [-0.25, -0.2) is 4.79 Å². The Balaban J connectivity index is 2.65. The van der Waals surface area contributed by atoms with E-state index in [9.17, 15) is 9.18 Å². The summed E-state index contributed by atoms with van der Waals surface area (Å²) in [5.41, 5.74) is 0.892. The molecule has 0 heterocycles. The summed E-state index contributed by atoms with van der Waals surface area (Å²) in [6, 6.07) is 8.95. The molecule has 0 saturated carbocycles. The first-order valence-electron chi connectivity index (χ1n) is 3.71. The lowest BCUT2D eigenvalue weighted by molar-refractivity contribution is 0.218. The molecular formula is C9H10FNO. The van der Waals surface area contributed by atoms with Gasteiger partial charge in [-0.15, -0.1) is 4.39 Å². The highest BCUT2D eigenvalue weighted by Gasteiger charge is 2.06. The number of carbonyl (C=O) groups is 1. The van der Waals surface area contributed by atoms with Crippen LogP contribution in [0.2, 0.25) is 0 Å². The average molecular weight is 167 g/mol. The lowest BCUT2D eigenvalue weighted by atomic mass is 10.1. The zero-order valence-corrected chi connectivity index (χ0v) is 6.75. The molecule has 1 amide bonds. The van der Waals surface area contributed by atoms with Gasteiger partial charge < -0.3 is 5.32 Å². The molecule has 0 aliphatic heterocycles. The third kappa shape index (κ3) is 2.34. The van der Waals surface area contributed by atoms with Crippen LogP contribution in [0.3, 0.4) is 0 Å². The molecule has 1 aromatic carbocycles. The largest absolute Gasteiger partial charge is 0.397 e. The normalized spacial score (nSPS) is 12.2. The number of rotatable bonds is 2. The van der Waals surface area contributed by atoms with E-state index < -0.39 is 6.16 Å². The van der Waals surface area contributed by atoms with Crippen molar-refractivity contribution in [2.45, 2.75) is 13.0 Å². The maximum absolute atomic E-state index is 11.9. The predicted molar refractivity (Wildman–Crippen MR) is 44.5 cm³/mol. The molecule has 0 spiro atoms. The molecule has 1 rings (SSSR count). The van der Waals surface area contributed by atoms with Crippen LogP contribution in [0.4, 0.5) is 9.18 Å². The Hall–Kier alpha value is -1.38. The van der Waals surface area contributed by atoms with Gasteiger partial charge in [0, 0.05) is 0 Å². The van der Waals surface area contributed by atoms with Crippen LogP contribution in [-0.2, 0) is 0 Å². The molecule has 64 valence electrons. The van der Waals surface area contributed by atoms with Crippen LogP contribution in [0.25, 0.3) is 0 Å². The molecule has 0 aliphatic carbocycles. The van der Waals surface area contributed by atoms with Crippen molar-refractivity contribution in [2.24, 2.45) is 0 Å². The summed E-state index contributed by atoms with van der Waals surface area (Å²) in [6.07, 6.45) is -1.49. The Bertz CT molecular complexity index is 260. The molecular weight excluding hydrogens is 157 g/mol. The van der Waals surface area contributed by atoms with Crippen molar-refractivity contribution in [1.29, 1.82) is 0 Å². The Kier molecular flexibility index (Phi) is 2.80. The van der Waals surface area contributed by atoms with E-state index >= 15 is 0 Å². The van der Waals surface area contributed by atoms with Crippen molar-refractivity contribution in [3.05, 3.63) is 35.9 Å². The van der Waals surface area contributed by atoms with Gasteiger partial charge in [-0.2, -0.15) is 0 Å². The summed E-state index contributed by atoms with van der Waals surface area (Å²) in [5.74, 6) is 0. The predicted octanol–water partition coefficient (Wildman–Crippen LogP) is 2.43. The first kappa shape index (κ1) is 8.71. The Labute approximate surface area is 70.4 Å². The monoisotopic (exact) mass is 167 g/mol. The van der Waals surface area contributed by atoms with Crippen molar-refractivity contribution in [3.63, 3.8) is 0 Å². The lowest BCUT2D eigenvalue weighted by Gasteiger charge is -2.10. The number of hydrogen-bond acceptors (Lipinski definition) is 1. The fourth-order valence-electron chi connectivity index (χ4n) is 0.995. The number of hydrogen-bond donors (Lipinski definition) is 1. The zero-order chi connectivity index (χ0) is 8.97. The van der Waals surface area contributed by atoms with Gasteiger partial charge in [0.05, 0.1) is 6.04 Å². The minimum Gasteiger partial charge on any atom is -0.321 e. The van der Waals surface area contributed by atoms with Gasteiger partial charge in [-0.1, -0.05) is 30.3 Å². The van der Waals surface area contributed by atoms with E-state index in [2.05, 4.69) is 5.32 Å². The Morgan fingerprint density at radius 2 is 2.00 bits per heavy atom. The van der Waals surface area contributed by atoms with E-state index in [1.165, 1.54) is 0 Å². The van der Waals surface area contributed by atoms with Crippen molar-refractivity contribution >= 4 is 6.16 Å². The summed E-state index contributed by atoms with van der Waals surface area (Å²) in [4.78, 5) is 10.0. The number of amides is 1. The van der Waals surface area contributed by atoms with Crippen molar-refractivity contribution in [1.82, 2.24) is 5.32 Å². The summed E-state index contributed by atoms with van der Waals surface area (Å²) in [5, 5.41) is 2.15. The number of nitrogens with one attached hydrogen (secondary N) is 1. The van der Waals surface area contributed by atoms with Gasteiger partial charge in [0.25, 0.3) is 0 Å². The van der Waals surface area contributed by atoms with E-state index in [-0.39, 0.29) is 6.04 Å². The summed E-state index contributed by atoms with van der Waals surface area (Å²) in [7, 11) is 0. The minimum absolute atomic E-state index is 0.274. The number of carbonyl (C=O) groups excluding carboxylic acids is 1. The molecule has 3 heteroatoms. The lowest BCUT2D eigenvalue weighted by Crippen LogP contribution is -2.21. The third-order valence-electron chi connectivity index (χ3n) is 1.63. The first-order valence-corrected chi connectivity index (χ1v) is 3.71. The SMILES string of the molecule is C[C@@H](NC(=O)F)c1ccccc1. The van der Waals surface area contributed by atoms with Crippen LogP contribution in [0.1, 0.15) is 18.5 Å². The van der Waals surface area contributed by atoms with Crippen LogP contribution in [0, 0.1) is 0 Å². The molecule has 0 bridgehead atoms. The second kappa shape index (κ2) is 3.85. The van der Waals surface area contributed by atoms with Crippen LogP contribution < -0.4 is 5.32 Å². The van der Waals surface area contributed by atoms with Gasteiger partial charge in [0.1, 0.15) is 0 Å². The van der Waals surface area contributed by atoms with Gasteiger partial charge >= 0.3 is 6.16 Å². The molecule has 0 saturated heterocycles. The number of benzene rings is 1. The standard InChI is InChI=1S/C9H10FNO/c1-7(11-9(10)12)8-5-3-2-4-6-8/h2-7H,1H3,(H,11,12)/t7-/m1/s1. The van der Waals surface area contributed by atoms with Crippen molar-refractivity contribution in [3.8, 4) is 0 Å². The van der Waals surface area contributed by atoms with Gasteiger partial charge in [0.15, 0.2) is 0 Å². The van der Waals surface area contributed by atoms with Crippen LogP contribution in [0.15, 0.2) is 30.3 Å². The second-order valence-electron chi connectivity index (χ2n) is 2.55. The van der Waals surface area contributed by atoms with E-state index in [1.54, 1.807) is 6.92 Å². The average Bonchev–Trinajstić information content (AvgIpc) is 2.05. The maximum Gasteiger partial charge on any atom is 0.397 e. The summed E-state index contributed by atoms with van der Waals surface area (Å²) in [6.45, 7) is 1.73. The third-order valence-corrected chi connectivity index (χ3v) is 1.63. The minimum atomic E-state index is -1.49. The highest BCUT2D eigenvalue weighted by molar-refractivity contribution is 5.66. The summed E-state index contributed by atoms with van der Waals surface area (Å²) < 4.78 is 11.9. The van der Waals surface area contributed by atoms with E-state index in [1.807, 2.05) is 30.3 Å². The highest BCUT2D eigenvalue weighted by atomic mass is 19.1. The zero-order valence-electron chi connectivity index (χ0n) is 6.75. The Morgan fingerprint density at radius 1 is 1.42 bits per heavy atom. The molecule has 1 N–H and O–H groups in total. The molecule has 0 aromatic heterocycles. The van der Waals surface area contributed by atoms with Crippen LogP contribution in [0.5, 0.6) is 0 Å². The second-order valence-corrected chi connectivity index (χ2v) is 2.55. The summed E-state index contributed by atoms with van der Waals surface area (Å²) >= 11 is 0. The molecule has 1 aromatic rings. The smallest absolute Gasteiger partial charge is 0.321 e. The molecule has 0 unspecified atom stereocenters. The van der Waals surface area contributed by atoms with Gasteiger partial charge in [-0.05, 0) is 12.5 Å². The van der Waals surface area contributed by atoms with Crippen LogP contribution >= 0.6 is 0 Å². The quantitative estimate of drug-likeness (QED) is 0.532. The molecule has 12 heavy (non-hydrogen) atoms. The van der Waals surface area contributed by atoms with E-state index in [0.29, 0.717) is 0 Å². The maximum atomic E-state index is 11.9. The molecule has 0 radical (unpaired) electrons.